The van der Waals surface area contributed by atoms with Crippen molar-refractivity contribution < 1.29 is 0 Å². The van der Waals surface area contributed by atoms with Gasteiger partial charge in [-0.1, -0.05) is 6.08 Å². The lowest BCUT2D eigenvalue weighted by Gasteiger charge is -2.10. The zero-order chi connectivity index (χ0) is 9.14. The molecule has 0 aromatic heterocycles. The molecule has 3 nitrogen and oxygen atoms in total. The van der Waals surface area contributed by atoms with Crippen LogP contribution in [0.15, 0.2) is 21.7 Å². The number of likely N-dealkylation sites (N-methyl/N-ethyl adjacent to an activating group) is 1. The van der Waals surface area contributed by atoms with Gasteiger partial charge >= 0.3 is 0 Å². The third-order valence-corrected chi connectivity index (χ3v) is 1.63. The van der Waals surface area contributed by atoms with E-state index in [1.807, 2.05) is 26.3 Å². The van der Waals surface area contributed by atoms with Gasteiger partial charge in [-0.15, -0.1) is 0 Å². The molecular formula is C9H15N3. The Morgan fingerprint density at radius 1 is 1.58 bits per heavy atom. The predicted molar refractivity (Wildman–Crippen MR) is 52.6 cm³/mol. The van der Waals surface area contributed by atoms with Crippen LogP contribution in [0.5, 0.6) is 0 Å². The highest BCUT2D eigenvalue weighted by Gasteiger charge is 2.15. The maximum atomic E-state index is 4.46. The van der Waals surface area contributed by atoms with Crippen LogP contribution in [0.2, 0.25) is 0 Å². The quantitative estimate of drug-likeness (QED) is 0.581. The first kappa shape index (κ1) is 8.97. The van der Waals surface area contributed by atoms with E-state index in [0.717, 1.165) is 11.4 Å². The van der Waals surface area contributed by atoms with Crippen molar-refractivity contribution in [2.75, 3.05) is 7.05 Å². The molecule has 0 unspecified atom stereocenters. The summed E-state index contributed by atoms with van der Waals surface area (Å²) >= 11 is 0. The molecule has 1 aliphatic rings. The molecule has 0 aliphatic carbocycles. The van der Waals surface area contributed by atoms with Gasteiger partial charge in [0.05, 0.1) is 6.21 Å². The second kappa shape index (κ2) is 3.52. The first-order chi connectivity index (χ1) is 5.65. The Hall–Kier alpha value is -1.12. The number of nitrogens with zero attached hydrogens (tertiary/aromatic N) is 3. The molecule has 0 aromatic rings. The first-order valence-corrected chi connectivity index (χ1v) is 4.17. The number of allylic oxidation sites excluding steroid dienone is 1. The van der Waals surface area contributed by atoms with E-state index in [-0.39, 0.29) is 0 Å². The van der Waals surface area contributed by atoms with E-state index in [2.05, 4.69) is 23.9 Å². The molecule has 3 heteroatoms. The SMILES string of the molecule is C/C=C1/C=NN(C)C1=NC(C)C. The third kappa shape index (κ3) is 1.72. The molecule has 0 atom stereocenters. The maximum absolute atomic E-state index is 4.46. The summed E-state index contributed by atoms with van der Waals surface area (Å²) in [5.74, 6) is 0.965. The van der Waals surface area contributed by atoms with Gasteiger partial charge in [0.25, 0.3) is 0 Å². The minimum Gasteiger partial charge on any atom is -0.264 e. The van der Waals surface area contributed by atoms with E-state index in [1.54, 1.807) is 5.01 Å². The molecule has 0 bridgehead atoms. The van der Waals surface area contributed by atoms with Crippen LogP contribution in [-0.2, 0) is 0 Å². The van der Waals surface area contributed by atoms with E-state index >= 15 is 0 Å². The van der Waals surface area contributed by atoms with E-state index < -0.39 is 0 Å². The average Bonchev–Trinajstić information content (AvgIpc) is 2.32. The van der Waals surface area contributed by atoms with Crippen molar-refractivity contribution in [3.63, 3.8) is 0 Å². The molecule has 0 spiro atoms. The number of amidine groups is 1. The second-order valence-electron chi connectivity index (χ2n) is 3.06. The van der Waals surface area contributed by atoms with Crippen molar-refractivity contribution in [1.82, 2.24) is 5.01 Å². The van der Waals surface area contributed by atoms with E-state index in [4.69, 9.17) is 0 Å². The summed E-state index contributed by atoms with van der Waals surface area (Å²) in [4.78, 5) is 4.46. The third-order valence-electron chi connectivity index (χ3n) is 1.63. The Labute approximate surface area is 73.5 Å². The van der Waals surface area contributed by atoms with Gasteiger partial charge in [0.1, 0.15) is 0 Å². The van der Waals surface area contributed by atoms with Gasteiger partial charge < -0.3 is 0 Å². The van der Waals surface area contributed by atoms with Crippen molar-refractivity contribution >= 4 is 12.1 Å². The van der Waals surface area contributed by atoms with Gasteiger partial charge in [-0.25, -0.2) is 0 Å². The van der Waals surface area contributed by atoms with Gasteiger partial charge in [0.2, 0.25) is 0 Å². The topological polar surface area (TPSA) is 28.0 Å². The van der Waals surface area contributed by atoms with Crippen LogP contribution in [0.4, 0.5) is 0 Å². The van der Waals surface area contributed by atoms with Gasteiger partial charge in [-0.2, -0.15) is 5.10 Å². The lowest BCUT2D eigenvalue weighted by atomic mass is 10.2. The second-order valence-corrected chi connectivity index (χ2v) is 3.06. The summed E-state index contributed by atoms with van der Waals surface area (Å²) in [6.07, 6.45) is 3.86. The fourth-order valence-corrected chi connectivity index (χ4v) is 1.05. The summed E-state index contributed by atoms with van der Waals surface area (Å²) in [5.41, 5.74) is 1.10. The summed E-state index contributed by atoms with van der Waals surface area (Å²) in [6.45, 7) is 6.12. The highest BCUT2D eigenvalue weighted by Crippen LogP contribution is 2.09. The molecular weight excluding hydrogens is 150 g/mol. The van der Waals surface area contributed by atoms with Gasteiger partial charge in [0.15, 0.2) is 5.84 Å². The lowest BCUT2D eigenvalue weighted by molar-refractivity contribution is 0.554. The van der Waals surface area contributed by atoms with Crippen molar-refractivity contribution in [3.05, 3.63) is 11.6 Å². The highest BCUT2D eigenvalue weighted by atomic mass is 15.5. The number of hydrogen-bond acceptors (Lipinski definition) is 2. The molecule has 0 amide bonds. The van der Waals surface area contributed by atoms with Gasteiger partial charge in [-0.05, 0) is 20.8 Å². The minimum atomic E-state index is 0.319. The van der Waals surface area contributed by atoms with E-state index in [1.165, 1.54) is 0 Å². The standard InChI is InChI=1S/C9H15N3/c1-5-8-6-10-12(4)9(8)11-7(2)3/h5-7H,1-4H3/b8-5-,11-9?. The molecule has 0 saturated carbocycles. The predicted octanol–water partition coefficient (Wildman–Crippen LogP) is 1.67. The monoisotopic (exact) mass is 165 g/mol. The zero-order valence-corrected chi connectivity index (χ0v) is 8.07. The largest absolute Gasteiger partial charge is 0.264 e. The molecule has 0 aromatic carbocycles. The molecule has 12 heavy (non-hydrogen) atoms. The number of rotatable bonds is 1. The van der Waals surface area contributed by atoms with Crippen molar-refractivity contribution in [1.29, 1.82) is 0 Å². The Morgan fingerprint density at radius 2 is 2.25 bits per heavy atom. The smallest absolute Gasteiger partial charge is 0.152 e. The summed E-state index contributed by atoms with van der Waals surface area (Å²) < 4.78 is 0. The molecule has 66 valence electrons. The van der Waals surface area contributed by atoms with Crippen LogP contribution in [0.3, 0.4) is 0 Å². The van der Waals surface area contributed by atoms with Crippen LogP contribution in [0.1, 0.15) is 20.8 Å². The van der Waals surface area contributed by atoms with Crippen molar-refractivity contribution in [2.24, 2.45) is 10.1 Å². The Balaban J connectivity index is 2.90. The van der Waals surface area contributed by atoms with Crippen LogP contribution >= 0.6 is 0 Å². The summed E-state index contributed by atoms with van der Waals surface area (Å²) in [7, 11) is 1.91. The van der Waals surface area contributed by atoms with Crippen LogP contribution in [0, 0.1) is 0 Å². The fourth-order valence-electron chi connectivity index (χ4n) is 1.05. The molecule has 0 radical (unpaired) electrons. The maximum Gasteiger partial charge on any atom is 0.152 e. The Bertz CT molecular complexity index is 248. The fraction of sp³-hybridized carbons (Fsp3) is 0.556. The summed E-state index contributed by atoms with van der Waals surface area (Å²) in [5, 5.41) is 5.93. The Kier molecular flexibility index (Phi) is 2.63. The molecule has 0 saturated heterocycles. The van der Waals surface area contributed by atoms with E-state index in [0.29, 0.717) is 6.04 Å². The molecule has 0 fully saturated rings. The minimum absolute atomic E-state index is 0.319. The van der Waals surface area contributed by atoms with E-state index in [9.17, 15) is 0 Å². The average molecular weight is 165 g/mol. The molecule has 1 aliphatic heterocycles. The van der Waals surface area contributed by atoms with Gasteiger partial charge in [-0.3, -0.25) is 10.0 Å². The normalized spacial score (nSPS) is 23.6. The number of hydrazone groups is 1. The first-order valence-electron chi connectivity index (χ1n) is 4.17. The van der Waals surface area contributed by atoms with Gasteiger partial charge in [0, 0.05) is 18.7 Å². The zero-order valence-electron chi connectivity index (χ0n) is 8.07. The molecule has 0 N–H and O–H groups in total. The van der Waals surface area contributed by atoms with Crippen LogP contribution in [-0.4, -0.2) is 30.1 Å². The highest BCUT2D eigenvalue weighted by molar-refractivity contribution is 6.17. The molecule has 1 rings (SSSR count). The van der Waals surface area contributed by atoms with Crippen LogP contribution in [0.25, 0.3) is 0 Å². The van der Waals surface area contributed by atoms with Crippen molar-refractivity contribution in [3.8, 4) is 0 Å². The number of aliphatic imine (C=N–C) groups is 1. The summed E-state index contributed by atoms with van der Waals surface area (Å²) in [6, 6.07) is 0.319. The Morgan fingerprint density at radius 3 is 2.75 bits per heavy atom. The van der Waals surface area contributed by atoms with Crippen LogP contribution < -0.4 is 0 Å². The van der Waals surface area contributed by atoms with Crippen molar-refractivity contribution in [2.45, 2.75) is 26.8 Å². The lowest BCUT2D eigenvalue weighted by Crippen LogP contribution is -2.18. The molecule has 1 heterocycles. The number of hydrogen-bond donors (Lipinski definition) is 0.